The lowest BCUT2D eigenvalue weighted by Crippen LogP contribution is -2.37. The Labute approximate surface area is 126 Å². The van der Waals surface area contributed by atoms with Crippen LogP contribution in [0.2, 0.25) is 0 Å². The van der Waals surface area contributed by atoms with Gasteiger partial charge in [0.15, 0.2) is 0 Å². The average Bonchev–Trinajstić information content (AvgIpc) is 2.81. The van der Waals surface area contributed by atoms with Crippen LogP contribution in [0, 0.1) is 0 Å². The van der Waals surface area contributed by atoms with E-state index in [9.17, 15) is 21.6 Å². The van der Waals surface area contributed by atoms with Gasteiger partial charge < -0.3 is 10.7 Å². The highest BCUT2D eigenvalue weighted by molar-refractivity contribution is 7.89. The zero-order valence-corrected chi connectivity index (χ0v) is 12.6. The van der Waals surface area contributed by atoms with Crippen molar-refractivity contribution in [2.75, 3.05) is 13.6 Å². The molecule has 0 radical (unpaired) electrons. The Balaban J connectivity index is 2.30. The van der Waals surface area contributed by atoms with Gasteiger partial charge in [0.2, 0.25) is 0 Å². The SMILES string of the molecule is CN(Cc1ccc2[nH]cc(CCN)c2c1)S(=O)(=O)C(F)(F)F. The van der Waals surface area contributed by atoms with Crippen LogP contribution < -0.4 is 5.73 Å². The minimum Gasteiger partial charge on any atom is -0.361 e. The maximum atomic E-state index is 12.5. The van der Waals surface area contributed by atoms with Crippen LogP contribution in [-0.2, 0) is 23.0 Å². The van der Waals surface area contributed by atoms with Crippen molar-refractivity contribution in [2.45, 2.75) is 18.5 Å². The lowest BCUT2D eigenvalue weighted by atomic mass is 10.1. The number of hydrogen-bond acceptors (Lipinski definition) is 3. The summed E-state index contributed by atoms with van der Waals surface area (Å²) >= 11 is 0. The lowest BCUT2D eigenvalue weighted by Gasteiger charge is -2.18. The van der Waals surface area contributed by atoms with Crippen molar-refractivity contribution in [3.05, 3.63) is 35.5 Å². The number of sulfonamides is 1. The van der Waals surface area contributed by atoms with E-state index in [1.807, 2.05) is 0 Å². The minimum absolute atomic E-state index is 0.295. The van der Waals surface area contributed by atoms with Crippen LogP contribution in [0.25, 0.3) is 10.9 Å². The number of nitrogens with one attached hydrogen (secondary N) is 1. The van der Waals surface area contributed by atoms with Gasteiger partial charge >= 0.3 is 15.5 Å². The molecule has 3 N–H and O–H groups in total. The Hall–Kier alpha value is -1.58. The van der Waals surface area contributed by atoms with Crippen LogP contribution in [0.1, 0.15) is 11.1 Å². The summed E-state index contributed by atoms with van der Waals surface area (Å²) in [6, 6.07) is 4.98. The highest BCUT2D eigenvalue weighted by Crippen LogP contribution is 2.27. The van der Waals surface area contributed by atoms with Crippen molar-refractivity contribution in [1.82, 2.24) is 9.29 Å². The van der Waals surface area contributed by atoms with E-state index in [-0.39, 0.29) is 6.54 Å². The van der Waals surface area contributed by atoms with Gasteiger partial charge in [0.1, 0.15) is 0 Å². The van der Waals surface area contributed by atoms with E-state index in [0.717, 1.165) is 23.5 Å². The maximum absolute atomic E-state index is 12.5. The predicted octanol–water partition coefficient (Wildman–Crippen LogP) is 1.95. The van der Waals surface area contributed by atoms with Crippen molar-refractivity contribution in [2.24, 2.45) is 5.73 Å². The molecule has 0 bridgehead atoms. The standard InChI is InChI=1S/C13H16F3N3O2S/c1-19(22(20,21)13(14,15)16)8-9-2-3-12-11(6-9)10(4-5-17)7-18-12/h2-3,6-7,18H,4-5,8,17H2,1H3. The highest BCUT2D eigenvalue weighted by Gasteiger charge is 2.48. The fraction of sp³-hybridized carbons (Fsp3) is 0.385. The van der Waals surface area contributed by atoms with Crippen molar-refractivity contribution in [3.63, 3.8) is 0 Å². The molecule has 5 nitrogen and oxygen atoms in total. The molecule has 0 atom stereocenters. The summed E-state index contributed by atoms with van der Waals surface area (Å²) in [4.78, 5) is 3.04. The summed E-state index contributed by atoms with van der Waals surface area (Å²) in [5.41, 5.74) is 2.45. The lowest BCUT2D eigenvalue weighted by molar-refractivity contribution is -0.0484. The number of hydrogen-bond donors (Lipinski definition) is 2. The van der Waals surface area contributed by atoms with Gasteiger partial charge in [-0.2, -0.15) is 17.5 Å². The third-order valence-corrected chi connectivity index (χ3v) is 4.89. The molecule has 122 valence electrons. The molecule has 1 aromatic heterocycles. The first-order valence-corrected chi connectivity index (χ1v) is 7.92. The number of nitrogens with zero attached hydrogens (tertiary/aromatic N) is 1. The molecule has 22 heavy (non-hydrogen) atoms. The van der Waals surface area contributed by atoms with Crippen molar-refractivity contribution < 1.29 is 21.6 Å². The van der Waals surface area contributed by atoms with E-state index in [1.54, 1.807) is 24.4 Å². The summed E-state index contributed by atoms with van der Waals surface area (Å²) < 4.78 is 60.4. The summed E-state index contributed by atoms with van der Waals surface area (Å²) in [6.07, 6.45) is 2.41. The molecule has 0 saturated carbocycles. The summed E-state index contributed by atoms with van der Waals surface area (Å²) in [5.74, 6) is 0. The summed E-state index contributed by atoms with van der Waals surface area (Å²) in [7, 11) is -4.42. The van der Waals surface area contributed by atoms with Crippen LogP contribution in [-0.4, -0.2) is 36.8 Å². The number of H-pyrrole nitrogens is 1. The Morgan fingerprint density at radius 2 is 2.00 bits per heavy atom. The van der Waals surface area contributed by atoms with Gasteiger partial charge in [-0.1, -0.05) is 6.07 Å². The Bertz CT molecular complexity index is 768. The fourth-order valence-corrected chi connectivity index (χ4v) is 2.88. The number of fused-ring (bicyclic) bond motifs is 1. The molecule has 1 aromatic carbocycles. The van der Waals surface area contributed by atoms with E-state index in [1.165, 1.54) is 0 Å². The number of benzene rings is 1. The second-order valence-corrected chi connectivity index (χ2v) is 6.98. The van der Waals surface area contributed by atoms with Gasteiger partial charge in [0.05, 0.1) is 0 Å². The van der Waals surface area contributed by atoms with E-state index < -0.39 is 15.5 Å². The molecule has 2 aromatic rings. The van der Waals surface area contributed by atoms with Crippen LogP contribution in [0.15, 0.2) is 24.4 Å². The van der Waals surface area contributed by atoms with Gasteiger partial charge in [-0.15, -0.1) is 0 Å². The van der Waals surface area contributed by atoms with Gasteiger partial charge in [0.25, 0.3) is 0 Å². The van der Waals surface area contributed by atoms with Gasteiger partial charge in [0, 0.05) is 30.7 Å². The predicted molar refractivity (Wildman–Crippen MR) is 77.5 cm³/mol. The molecule has 2 rings (SSSR count). The topological polar surface area (TPSA) is 79.2 Å². The summed E-state index contributed by atoms with van der Waals surface area (Å²) in [5, 5.41) is 0.834. The number of halogens is 3. The average molecular weight is 335 g/mol. The molecule has 0 aliphatic carbocycles. The van der Waals surface area contributed by atoms with Gasteiger partial charge in [-0.3, -0.25) is 0 Å². The molecule has 0 saturated heterocycles. The van der Waals surface area contributed by atoms with Crippen LogP contribution in [0.5, 0.6) is 0 Å². The van der Waals surface area contributed by atoms with E-state index in [0.29, 0.717) is 22.8 Å². The second kappa shape index (κ2) is 5.90. The quantitative estimate of drug-likeness (QED) is 0.876. The first-order chi connectivity index (χ1) is 10.2. The fourth-order valence-electron chi connectivity index (χ4n) is 2.21. The molecule has 0 spiro atoms. The molecule has 0 aliphatic rings. The molecule has 0 fully saturated rings. The summed E-state index contributed by atoms with van der Waals surface area (Å²) in [6.45, 7) is 0.0879. The molecule has 0 amide bonds. The van der Waals surface area contributed by atoms with E-state index in [4.69, 9.17) is 5.73 Å². The Kier molecular flexibility index (Phi) is 4.50. The molecule has 9 heteroatoms. The number of rotatable bonds is 5. The van der Waals surface area contributed by atoms with Crippen LogP contribution in [0.3, 0.4) is 0 Å². The molecular weight excluding hydrogens is 319 g/mol. The zero-order chi connectivity index (χ0) is 16.5. The normalized spacial score (nSPS) is 13.2. The number of nitrogens with two attached hydrogens (primary N) is 1. The number of aromatic nitrogens is 1. The third kappa shape index (κ3) is 3.11. The van der Waals surface area contributed by atoms with Crippen molar-refractivity contribution in [1.29, 1.82) is 0 Å². The van der Waals surface area contributed by atoms with E-state index in [2.05, 4.69) is 4.98 Å². The van der Waals surface area contributed by atoms with Gasteiger partial charge in [-0.05, 0) is 36.2 Å². The number of alkyl halides is 3. The number of aromatic amines is 1. The molecule has 0 aliphatic heterocycles. The van der Waals surface area contributed by atoms with Gasteiger partial charge in [-0.25, -0.2) is 8.42 Å². The second-order valence-electron chi connectivity index (χ2n) is 4.94. The Morgan fingerprint density at radius 1 is 1.32 bits per heavy atom. The minimum atomic E-state index is -5.33. The van der Waals surface area contributed by atoms with Crippen LogP contribution >= 0.6 is 0 Å². The molecule has 0 unspecified atom stereocenters. The smallest absolute Gasteiger partial charge is 0.361 e. The zero-order valence-electron chi connectivity index (χ0n) is 11.8. The maximum Gasteiger partial charge on any atom is 0.511 e. The molecular formula is C13H16F3N3O2S. The third-order valence-electron chi connectivity index (χ3n) is 3.35. The largest absolute Gasteiger partial charge is 0.511 e. The first-order valence-electron chi connectivity index (χ1n) is 6.48. The Morgan fingerprint density at radius 3 is 2.59 bits per heavy atom. The first kappa shape index (κ1) is 16.8. The van der Waals surface area contributed by atoms with Crippen LogP contribution in [0.4, 0.5) is 13.2 Å². The monoisotopic (exact) mass is 335 g/mol. The highest BCUT2D eigenvalue weighted by atomic mass is 32.2. The molecule has 1 heterocycles. The van der Waals surface area contributed by atoms with E-state index >= 15 is 0 Å². The van der Waals surface area contributed by atoms with Crippen molar-refractivity contribution in [3.8, 4) is 0 Å². The van der Waals surface area contributed by atoms with Crippen molar-refractivity contribution >= 4 is 20.9 Å².